The number of carbonyl (C=O) groups excluding carboxylic acids is 2. The van der Waals surface area contributed by atoms with E-state index in [0.29, 0.717) is 22.9 Å². The molecule has 0 spiro atoms. The molecule has 0 saturated heterocycles. The first-order valence-corrected chi connectivity index (χ1v) is 9.34. The molecule has 148 valence electrons. The van der Waals surface area contributed by atoms with Crippen LogP contribution in [0.1, 0.15) is 58.7 Å². The van der Waals surface area contributed by atoms with Gasteiger partial charge in [-0.3, -0.25) is 9.59 Å². The molecule has 2 aromatic carbocycles. The zero-order valence-electron chi connectivity index (χ0n) is 16.6. The van der Waals surface area contributed by atoms with Crippen molar-refractivity contribution < 1.29 is 14.0 Å². The topological polar surface area (TPSA) is 83.7 Å². The first-order chi connectivity index (χ1) is 13.9. The highest BCUT2D eigenvalue weighted by Crippen LogP contribution is 2.15. The van der Waals surface area contributed by atoms with Crippen molar-refractivity contribution in [2.45, 2.75) is 26.7 Å². The maximum Gasteiger partial charge on any atom is 0.291 e. The van der Waals surface area contributed by atoms with Crippen molar-refractivity contribution in [3.63, 3.8) is 0 Å². The van der Waals surface area contributed by atoms with Crippen LogP contribution in [0.2, 0.25) is 0 Å². The second-order valence-electron chi connectivity index (χ2n) is 6.92. The molecular weight excluding hydrogens is 366 g/mol. The van der Waals surface area contributed by atoms with E-state index in [1.165, 1.54) is 11.8 Å². The lowest BCUT2D eigenvalue weighted by molar-refractivity contribution is 0.0953. The highest BCUT2D eigenvalue weighted by atomic mass is 16.3. The van der Waals surface area contributed by atoms with Crippen molar-refractivity contribution in [2.75, 3.05) is 5.32 Å². The number of amides is 2. The SMILES string of the molecule is C/C(=N\NC(=O)c1ccc(C(C)C)cc1)c1ccc(NC(=O)c2ccco2)cc1. The van der Waals surface area contributed by atoms with Crippen LogP contribution in [0.15, 0.2) is 76.4 Å². The van der Waals surface area contributed by atoms with Gasteiger partial charge in [0, 0.05) is 11.3 Å². The van der Waals surface area contributed by atoms with Gasteiger partial charge in [-0.05, 0) is 60.4 Å². The smallest absolute Gasteiger partial charge is 0.291 e. The summed E-state index contributed by atoms with van der Waals surface area (Å²) in [5.74, 6) is 0.0843. The summed E-state index contributed by atoms with van der Waals surface area (Å²) < 4.78 is 5.07. The Bertz CT molecular complexity index is 1000. The third-order valence-electron chi connectivity index (χ3n) is 4.47. The third-order valence-corrected chi connectivity index (χ3v) is 4.47. The normalized spacial score (nSPS) is 11.4. The maximum absolute atomic E-state index is 12.3. The van der Waals surface area contributed by atoms with E-state index in [4.69, 9.17) is 4.42 Å². The molecule has 0 unspecified atom stereocenters. The fourth-order valence-corrected chi connectivity index (χ4v) is 2.68. The second kappa shape index (κ2) is 9.01. The Kier molecular flexibility index (Phi) is 6.24. The summed E-state index contributed by atoms with van der Waals surface area (Å²) in [4.78, 5) is 24.3. The standard InChI is InChI=1S/C23H23N3O3/c1-15(2)17-6-8-19(9-7-17)22(27)26-25-16(3)18-10-12-20(13-11-18)24-23(28)21-5-4-14-29-21/h4-15H,1-3H3,(H,24,28)(H,26,27)/b25-16+. The average Bonchev–Trinajstić information content (AvgIpc) is 3.27. The van der Waals surface area contributed by atoms with Crippen LogP contribution in [-0.2, 0) is 0 Å². The maximum atomic E-state index is 12.3. The highest BCUT2D eigenvalue weighted by Gasteiger charge is 2.09. The molecule has 3 aromatic rings. The van der Waals surface area contributed by atoms with E-state index >= 15 is 0 Å². The molecule has 0 aliphatic rings. The van der Waals surface area contributed by atoms with Gasteiger partial charge in [-0.25, -0.2) is 5.43 Å². The van der Waals surface area contributed by atoms with Gasteiger partial charge in [-0.2, -0.15) is 5.10 Å². The Morgan fingerprint density at radius 3 is 2.14 bits per heavy atom. The number of benzene rings is 2. The van der Waals surface area contributed by atoms with Gasteiger partial charge in [0.1, 0.15) is 0 Å². The number of furan rings is 1. The van der Waals surface area contributed by atoms with Crippen LogP contribution >= 0.6 is 0 Å². The molecule has 0 aliphatic carbocycles. The Hall–Kier alpha value is -3.67. The molecule has 2 N–H and O–H groups in total. The number of nitrogens with one attached hydrogen (secondary N) is 2. The zero-order valence-corrected chi connectivity index (χ0v) is 16.6. The van der Waals surface area contributed by atoms with Gasteiger partial charge >= 0.3 is 0 Å². The molecule has 6 nitrogen and oxygen atoms in total. The molecule has 0 fully saturated rings. The first kappa shape index (κ1) is 20.1. The molecule has 0 radical (unpaired) electrons. The molecule has 1 aromatic heterocycles. The summed E-state index contributed by atoms with van der Waals surface area (Å²) in [6.07, 6.45) is 1.45. The Morgan fingerprint density at radius 1 is 0.897 bits per heavy atom. The number of anilines is 1. The molecule has 0 bridgehead atoms. The van der Waals surface area contributed by atoms with Gasteiger partial charge in [-0.1, -0.05) is 38.1 Å². The molecule has 0 atom stereocenters. The number of carbonyl (C=O) groups is 2. The third kappa shape index (κ3) is 5.19. The van der Waals surface area contributed by atoms with E-state index in [-0.39, 0.29) is 17.6 Å². The first-order valence-electron chi connectivity index (χ1n) is 9.34. The van der Waals surface area contributed by atoms with E-state index in [2.05, 4.69) is 29.7 Å². The summed E-state index contributed by atoms with van der Waals surface area (Å²) in [7, 11) is 0. The van der Waals surface area contributed by atoms with Crippen LogP contribution in [0.5, 0.6) is 0 Å². The molecule has 29 heavy (non-hydrogen) atoms. The van der Waals surface area contributed by atoms with Gasteiger partial charge in [-0.15, -0.1) is 0 Å². The summed E-state index contributed by atoms with van der Waals surface area (Å²) in [5.41, 5.74) is 6.44. The fraction of sp³-hybridized carbons (Fsp3) is 0.174. The lowest BCUT2D eigenvalue weighted by atomic mass is 10.0. The van der Waals surface area contributed by atoms with Crippen molar-refractivity contribution in [3.05, 3.63) is 89.4 Å². The number of hydrazone groups is 1. The van der Waals surface area contributed by atoms with E-state index in [1.54, 1.807) is 43.3 Å². The van der Waals surface area contributed by atoms with Gasteiger partial charge in [0.2, 0.25) is 0 Å². The molecule has 0 saturated carbocycles. The second-order valence-corrected chi connectivity index (χ2v) is 6.92. The van der Waals surface area contributed by atoms with E-state index in [0.717, 1.165) is 5.56 Å². The number of rotatable bonds is 6. The average molecular weight is 389 g/mol. The number of hydrogen-bond acceptors (Lipinski definition) is 4. The highest BCUT2D eigenvalue weighted by molar-refractivity contribution is 6.03. The van der Waals surface area contributed by atoms with Crippen molar-refractivity contribution >= 4 is 23.2 Å². The Morgan fingerprint density at radius 2 is 1.55 bits per heavy atom. The van der Waals surface area contributed by atoms with Crippen LogP contribution < -0.4 is 10.7 Å². The Balaban J connectivity index is 1.60. The lowest BCUT2D eigenvalue weighted by Crippen LogP contribution is -2.19. The van der Waals surface area contributed by atoms with Gasteiger partial charge in [0.25, 0.3) is 11.8 Å². The van der Waals surface area contributed by atoms with Gasteiger partial charge < -0.3 is 9.73 Å². The van der Waals surface area contributed by atoms with Gasteiger partial charge in [0.05, 0.1) is 12.0 Å². The molecular formula is C23H23N3O3. The van der Waals surface area contributed by atoms with Crippen molar-refractivity contribution in [2.24, 2.45) is 5.10 Å². The summed E-state index contributed by atoms with van der Waals surface area (Å²) >= 11 is 0. The van der Waals surface area contributed by atoms with Crippen LogP contribution in [0.4, 0.5) is 5.69 Å². The minimum atomic E-state index is -0.316. The molecule has 1 heterocycles. The quantitative estimate of drug-likeness (QED) is 0.469. The number of nitrogens with zero attached hydrogens (tertiary/aromatic N) is 1. The predicted molar refractivity (Wildman–Crippen MR) is 113 cm³/mol. The largest absolute Gasteiger partial charge is 0.459 e. The Labute approximate surface area is 169 Å². The zero-order chi connectivity index (χ0) is 20.8. The molecule has 6 heteroatoms. The lowest BCUT2D eigenvalue weighted by Gasteiger charge is -2.07. The monoisotopic (exact) mass is 389 g/mol. The van der Waals surface area contributed by atoms with Crippen LogP contribution in [0.3, 0.4) is 0 Å². The van der Waals surface area contributed by atoms with Crippen LogP contribution in [-0.4, -0.2) is 17.5 Å². The summed E-state index contributed by atoms with van der Waals surface area (Å²) in [6.45, 7) is 6.02. The van der Waals surface area contributed by atoms with Crippen molar-refractivity contribution in [1.29, 1.82) is 0 Å². The van der Waals surface area contributed by atoms with E-state index < -0.39 is 0 Å². The molecule has 0 aliphatic heterocycles. The summed E-state index contributed by atoms with van der Waals surface area (Å²) in [6, 6.07) is 17.9. The summed E-state index contributed by atoms with van der Waals surface area (Å²) in [5, 5.41) is 6.93. The van der Waals surface area contributed by atoms with Crippen LogP contribution in [0, 0.1) is 0 Å². The fourth-order valence-electron chi connectivity index (χ4n) is 2.68. The van der Waals surface area contributed by atoms with Gasteiger partial charge in [0.15, 0.2) is 5.76 Å². The van der Waals surface area contributed by atoms with Crippen LogP contribution in [0.25, 0.3) is 0 Å². The molecule has 2 amide bonds. The minimum Gasteiger partial charge on any atom is -0.459 e. The van der Waals surface area contributed by atoms with E-state index in [9.17, 15) is 9.59 Å². The van der Waals surface area contributed by atoms with E-state index in [1.807, 2.05) is 24.3 Å². The van der Waals surface area contributed by atoms with Crippen molar-refractivity contribution in [1.82, 2.24) is 5.43 Å². The predicted octanol–water partition coefficient (Wildman–Crippen LogP) is 4.81. The molecule has 3 rings (SSSR count). The van der Waals surface area contributed by atoms with Crippen molar-refractivity contribution in [3.8, 4) is 0 Å². The number of hydrogen-bond donors (Lipinski definition) is 2. The minimum absolute atomic E-state index is 0.246.